The molecule has 6 nitrogen and oxygen atoms in total. The standard InChI is InChI=1S/C19H15Cl2N5OS/c1-3-16-23-24-19-26(16)25-18(28-19)12-5-4-10(2)15(9-12)22-17(27)11-6-7-13(20)14(21)8-11/h4-9H,3H2,1-2H3,(H,22,27). The molecule has 0 fully saturated rings. The molecule has 2 aromatic heterocycles. The number of benzene rings is 2. The molecule has 1 N–H and O–H groups in total. The molecular formula is C19H15Cl2N5OS. The number of aromatic nitrogens is 4. The van der Waals surface area contributed by atoms with Crippen LogP contribution in [-0.2, 0) is 6.42 Å². The van der Waals surface area contributed by atoms with Gasteiger partial charge in [0.1, 0.15) is 5.01 Å². The lowest BCUT2D eigenvalue weighted by Crippen LogP contribution is -2.12. The summed E-state index contributed by atoms with van der Waals surface area (Å²) < 4.78 is 1.76. The van der Waals surface area contributed by atoms with Gasteiger partial charge in [0.2, 0.25) is 4.96 Å². The molecule has 0 radical (unpaired) electrons. The fraction of sp³-hybridized carbons (Fsp3) is 0.158. The second-order valence-electron chi connectivity index (χ2n) is 6.18. The average molecular weight is 432 g/mol. The van der Waals surface area contributed by atoms with Crippen molar-refractivity contribution >= 4 is 51.1 Å². The van der Waals surface area contributed by atoms with Gasteiger partial charge in [-0.25, -0.2) is 0 Å². The third-order valence-electron chi connectivity index (χ3n) is 4.29. The minimum Gasteiger partial charge on any atom is -0.322 e. The van der Waals surface area contributed by atoms with Crippen LogP contribution in [0, 0.1) is 6.92 Å². The summed E-state index contributed by atoms with van der Waals surface area (Å²) in [5, 5.41) is 17.4. The van der Waals surface area contributed by atoms with E-state index < -0.39 is 0 Å². The molecule has 0 unspecified atom stereocenters. The van der Waals surface area contributed by atoms with Crippen molar-refractivity contribution in [1.82, 2.24) is 19.8 Å². The van der Waals surface area contributed by atoms with E-state index in [1.807, 2.05) is 32.0 Å². The van der Waals surface area contributed by atoms with Crippen LogP contribution in [0.5, 0.6) is 0 Å². The molecule has 0 spiro atoms. The molecule has 28 heavy (non-hydrogen) atoms. The fourth-order valence-electron chi connectivity index (χ4n) is 2.72. The maximum absolute atomic E-state index is 12.6. The van der Waals surface area contributed by atoms with Gasteiger partial charge in [0.25, 0.3) is 5.91 Å². The number of amides is 1. The van der Waals surface area contributed by atoms with Crippen molar-refractivity contribution in [3.05, 3.63) is 63.4 Å². The number of rotatable bonds is 4. The highest BCUT2D eigenvalue weighted by atomic mass is 35.5. The highest BCUT2D eigenvalue weighted by molar-refractivity contribution is 7.19. The van der Waals surface area contributed by atoms with Crippen molar-refractivity contribution in [3.8, 4) is 10.6 Å². The Morgan fingerprint density at radius 1 is 1.14 bits per heavy atom. The summed E-state index contributed by atoms with van der Waals surface area (Å²) in [6.45, 7) is 3.94. The lowest BCUT2D eigenvalue weighted by Gasteiger charge is -2.10. The second kappa shape index (κ2) is 7.50. The zero-order chi connectivity index (χ0) is 19.8. The summed E-state index contributed by atoms with van der Waals surface area (Å²) in [4.78, 5) is 13.4. The minimum atomic E-state index is -0.259. The molecule has 0 bridgehead atoms. The number of hydrogen-bond donors (Lipinski definition) is 1. The van der Waals surface area contributed by atoms with E-state index in [2.05, 4.69) is 20.6 Å². The number of aryl methyl sites for hydroxylation is 2. The third kappa shape index (κ3) is 3.48. The molecule has 9 heteroatoms. The van der Waals surface area contributed by atoms with Gasteiger partial charge < -0.3 is 5.32 Å². The first-order chi connectivity index (χ1) is 13.5. The van der Waals surface area contributed by atoms with E-state index in [9.17, 15) is 4.79 Å². The molecule has 0 atom stereocenters. The molecule has 4 rings (SSSR count). The van der Waals surface area contributed by atoms with Crippen LogP contribution < -0.4 is 5.32 Å². The minimum absolute atomic E-state index is 0.259. The molecule has 0 saturated carbocycles. The van der Waals surface area contributed by atoms with E-state index in [4.69, 9.17) is 23.2 Å². The predicted octanol–water partition coefficient (Wildman–Crippen LogP) is 5.28. The van der Waals surface area contributed by atoms with E-state index in [1.54, 1.807) is 22.7 Å². The number of carbonyl (C=O) groups excluding carboxylic acids is 1. The number of anilines is 1. The molecule has 2 aromatic carbocycles. The fourth-order valence-corrected chi connectivity index (χ4v) is 3.87. The molecule has 0 aliphatic carbocycles. The van der Waals surface area contributed by atoms with Gasteiger partial charge in [-0.05, 0) is 36.8 Å². The van der Waals surface area contributed by atoms with E-state index in [-0.39, 0.29) is 5.91 Å². The van der Waals surface area contributed by atoms with Crippen LogP contribution in [0.2, 0.25) is 10.0 Å². The van der Waals surface area contributed by atoms with Gasteiger partial charge in [-0.1, -0.05) is 53.6 Å². The highest BCUT2D eigenvalue weighted by Crippen LogP contribution is 2.30. The number of nitrogens with zero attached hydrogens (tertiary/aromatic N) is 4. The normalized spacial score (nSPS) is 11.1. The summed E-state index contributed by atoms with van der Waals surface area (Å²) in [7, 11) is 0. The van der Waals surface area contributed by atoms with E-state index in [0.29, 0.717) is 21.3 Å². The zero-order valence-corrected chi connectivity index (χ0v) is 17.4. The Labute approximate surface area is 175 Å². The number of nitrogens with one attached hydrogen (secondary N) is 1. The van der Waals surface area contributed by atoms with E-state index in [0.717, 1.165) is 33.3 Å². The average Bonchev–Trinajstić information content (AvgIpc) is 3.26. The van der Waals surface area contributed by atoms with Gasteiger partial charge in [0, 0.05) is 23.2 Å². The number of hydrogen-bond acceptors (Lipinski definition) is 5. The van der Waals surface area contributed by atoms with Gasteiger partial charge in [-0.15, -0.1) is 10.2 Å². The van der Waals surface area contributed by atoms with Crippen molar-refractivity contribution in [3.63, 3.8) is 0 Å². The first-order valence-corrected chi connectivity index (χ1v) is 10.1. The molecule has 0 aliphatic rings. The Balaban J connectivity index is 1.65. The topological polar surface area (TPSA) is 72.2 Å². The Morgan fingerprint density at radius 2 is 1.96 bits per heavy atom. The van der Waals surface area contributed by atoms with Crippen LogP contribution in [0.25, 0.3) is 15.5 Å². The quantitative estimate of drug-likeness (QED) is 0.476. The monoisotopic (exact) mass is 431 g/mol. The van der Waals surface area contributed by atoms with E-state index >= 15 is 0 Å². The van der Waals surface area contributed by atoms with Gasteiger partial charge in [-0.2, -0.15) is 9.61 Å². The summed E-state index contributed by atoms with van der Waals surface area (Å²) in [6.07, 6.45) is 0.753. The molecule has 2 heterocycles. The van der Waals surface area contributed by atoms with Gasteiger partial charge in [0.05, 0.1) is 10.0 Å². The first-order valence-electron chi connectivity index (χ1n) is 8.55. The van der Waals surface area contributed by atoms with Crippen molar-refractivity contribution in [1.29, 1.82) is 0 Å². The smallest absolute Gasteiger partial charge is 0.255 e. The van der Waals surface area contributed by atoms with Crippen molar-refractivity contribution in [2.24, 2.45) is 0 Å². The van der Waals surface area contributed by atoms with Crippen LogP contribution in [0.4, 0.5) is 5.69 Å². The molecule has 0 saturated heterocycles. The number of fused-ring (bicyclic) bond motifs is 1. The van der Waals surface area contributed by atoms with Crippen LogP contribution in [0.1, 0.15) is 28.7 Å². The van der Waals surface area contributed by atoms with Gasteiger partial charge in [-0.3, -0.25) is 4.79 Å². The van der Waals surface area contributed by atoms with Crippen molar-refractivity contribution < 1.29 is 4.79 Å². The van der Waals surface area contributed by atoms with Crippen LogP contribution in [-0.4, -0.2) is 25.7 Å². The van der Waals surface area contributed by atoms with Crippen molar-refractivity contribution in [2.75, 3.05) is 5.32 Å². The lowest BCUT2D eigenvalue weighted by molar-refractivity contribution is 0.102. The summed E-state index contributed by atoms with van der Waals surface area (Å²) in [5.41, 5.74) is 2.97. The molecule has 1 amide bonds. The number of halogens is 2. The van der Waals surface area contributed by atoms with E-state index in [1.165, 1.54) is 11.3 Å². The number of carbonyl (C=O) groups is 1. The molecule has 142 valence electrons. The van der Waals surface area contributed by atoms with Gasteiger partial charge in [0.15, 0.2) is 5.82 Å². The van der Waals surface area contributed by atoms with Gasteiger partial charge >= 0.3 is 0 Å². The maximum atomic E-state index is 12.6. The van der Waals surface area contributed by atoms with Crippen LogP contribution in [0.15, 0.2) is 36.4 Å². The summed E-state index contributed by atoms with van der Waals surface area (Å²) >= 11 is 13.4. The lowest BCUT2D eigenvalue weighted by atomic mass is 10.1. The maximum Gasteiger partial charge on any atom is 0.255 e. The third-order valence-corrected chi connectivity index (χ3v) is 5.97. The molecule has 0 aliphatic heterocycles. The molecule has 4 aromatic rings. The Kier molecular flexibility index (Phi) is 5.05. The largest absolute Gasteiger partial charge is 0.322 e. The molecular weight excluding hydrogens is 417 g/mol. The van der Waals surface area contributed by atoms with Crippen LogP contribution >= 0.6 is 34.5 Å². The summed E-state index contributed by atoms with van der Waals surface area (Å²) in [6, 6.07) is 10.6. The Hall–Kier alpha value is -2.48. The second-order valence-corrected chi connectivity index (χ2v) is 7.95. The SMILES string of the molecule is CCc1nnc2sc(-c3ccc(C)c(NC(=O)c4ccc(Cl)c(Cl)c4)c3)nn12. The predicted molar refractivity (Wildman–Crippen MR) is 113 cm³/mol. The Bertz CT molecular complexity index is 1200. The highest BCUT2D eigenvalue weighted by Gasteiger charge is 2.14. The van der Waals surface area contributed by atoms with Crippen LogP contribution in [0.3, 0.4) is 0 Å². The van der Waals surface area contributed by atoms with Crippen molar-refractivity contribution in [2.45, 2.75) is 20.3 Å². The summed E-state index contributed by atoms with van der Waals surface area (Å²) in [5.74, 6) is 0.558. The zero-order valence-electron chi connectivity index (χ0n) is 15.0. The first kappa shape index (κ1) is 18.9. The Morgan fingerprint density at radius 3 is 2.71 bits per heavy atom.